The fourth-order valence-electron chi connectivity index (χ4n) is 2.03. The number of carbonyl (C=O) groups excluding carboxylic acids is 2. The SMILES string of the molecule is CC1C(=O)NCCN1C(=O)Cc1ccccc1Cl. The van der Waals surface area contributed by atoms with Crippen LogP contribution in [0.15, 0.2) is 24.3 Å². The van der Waals surface area contributed by atoms with E-state index in [1.54, 1.807) is 17.9 Å². The normalized spacial score (nSPS) is 19.6. The molecule has 1 N–H and O–H groups in total. The fourth-order valence-corrected chi connectivity index (χ4v) is 2.23. The van der Waals surface area contributed by atoms with Crippen molar-refractivity contribution in [1.82, 2.24) is 10.2 Å². The van der Waals surface area contributed by atoms with Crippen LogP contribution in [0.3, 0.4) is 0 Å². The molecule has 1 heterocycles. The molecule has 1 fully saturated rings. The van der Waals surface area contributed by atoms with Crippen molar-refractivity contribution in [3.05, 3.63) is 34.9 Å². The first-order valence-corrected chi connectivity index (χ1v) is 6.28. The summed E-state index contributed by atoms with van der Waals surface area (Å²) in [6.45, 7) is 2.80. The number of benzene rings is 1. The molecular weight excluding hydrogens is 252 g/mol. The summed E-state index contributed by atoms with van der Waals surface area (Å²) in [4.78, 5) is 25.3. The first-order chi connectivity index (χ1) is 8.59. The van der Waals surface area contributed by atoms with Crippen LogP contribution in [0.2, 0.25) is 5.02 Å². The lowest BCUT2D eigenvalue weighted by atomic mass is 10.1. The van der Waals surface area contributed by atoms with E-state index in [0.717, 1.165) is 5.56 Å². The molecule has 5 heteroatoms. The molecule has 0 aromatic heterocycles. The Balaban J connectivity index is 2.08. The van der Waals surface area contributed by atoms with Crippen LogP contribution in [0.25, 0.3) is 0 Å². The maximum Gasteiger partial charge on any atom is 0.242 e. The van der Waals surface area contributed by atoms with Gasteiger partial charge in [0.15, 0.2) is 0 Å². The third-order valence-corrected chi connectivity index (χ3v) is 3.49. The molecule has 1 aromatic carbocycles. The zero-order valence-electron chi connectivity index (χ0n) is 10.1. The van der Waals surface area contributed by atoms with Crippen molar-refractivity contribution in [3.8, 4) is 0 Å². The Morgan fingerprint density at radius 3 is 2.94 bits per heavy atom. The molecule has 2 amide bonds. The van der Waals surface area contributed by atoms with Crippen LogP contribution < -0.4 is 5.32 Å². The number of hydrogen-bond acceptors (Lipinski definition) is 2. The van der Waals surface area contributed by atoms with Crippen molar-refractivity contribution < 1.29 is 9.59 Å². The molecule has 1 aliphatic heterocycles. The number of nitrogens with zero attached hydrogens (tertiary/aromatic N) is 1. The Morgan fingerprint density at radius 2 is 2.22 bits per heavy atom. The molecule has 1 unspecified atom stereocenters. The van der Waals surface area contributed by atoms with E-state index < -0.39 is 6.04 Å². The van der Waals surface area contributed by atoms with E-state index >= 15 is 0 Å². The number of amides is 2. The Labute approximate surface area is 111 Å². The van der Waals surface area contributed by atoms with Crippen molar-refractivity contribution >= 4 is 23.4 Å². The fraction of sp³-hybridized carbons (Fsp3) is 0.385. The van der Waals surface area contributed by atoms with Gasteiger partial charge in [-0.05, 0) is 18.6 Å². The quantitative estimate of drug-likeness (QED) is 0.875. The maximum absolute atomic E-state index is 12.2. The van der Waals surface area contributed by atoms with E-state index in [0.29, 0.717) is 18.1 Å². The summed E-state index contributed by atoms with van der Waals surface area (Å²) < 4.78 is 0. The Hall–Kier alpha value is -1.55. The van der Waals surface area contributed by atoms with Gasteiger partial charge in [-0.25, -0.2) is 0 Å². The summed E-state index contributed by atoms with van der Waals surface area (Å²) in [5.41, 5.74) is 0.794. The van der Waals surface area contributed by atoms with Gasteiger partial charge in [0.1, 0.15) is 6.04 Å². The van der Waals surface area contributed by atoms with E-state index in [9.17, 15) is 9.59 Å². The second-order valence-electron chi connectivity index (χ2n) is 4.32. The molecule has 0 aliphatic carbocycles. The Kier molecular flexibility index (Phi) is 3.87. The van der Waals surface area contributed by atoms with Crippen LogP contribution >= 0.6 is 11.6 Å². The van der Waals surface area contributed by atoms with Gasteiger partial charge in [0.25, 0.3) is 0 Å². The van der Waals surface area contributed by atoms with E-state index in [1.165, 1.54) is 0 Å². The summed E-state index contributed by atoms with van der Waals surface area (Å²) in [7, 11) is 0. The van der Waals surface area contributed by atoms with E-state index in [4.69, 9.17) is 11.6 Å². The molecule has 1 aliphatic rings. The minimum Gasteiger partial charge on any atom is -0.353 e. The molecule has 2 rings (SSSR count). The zero-order chi connectivity index (χ0) is 13.1. The third kappa shape index (κ3) is 2.64. The predicted molar refractivity (Wildman–Crippen MR) is 69.3 cm³/mol. The van der Waals surface area contributed by atoms with Gasteiger partial charge in [0.05, 0.1) is 6.42 Å². The number of rotatable bonds is 2. The largest absolute Gasteiger partial charge is 0.353 e. The first kappa shape index (κ1) is 12.9. The molecule has 0 saturated carbocycles. The highest BCUT2D eigenvalue weighted by molar-refractivity contribution is 6.31. The monoisotopic (exact) mass is 266 g/mol. The molecule has 0 spiro atoms. The van der Waals surface area contributed by atoms with Gasteiger partial charge in [-0.15, -0.1) is 0 Å². The summed E-state index contributed by atoms with van der Waals surface area (Å²) >= 11 is 6.02. The smallest absolute Gasteiger partial charge is 0.242 e. The first-order valence-electron chi connectivity index (χ1n) is 5.90. The topological polar surface area (TPSA) is 49.4 Å². The highest BCUT2D eigenvalue weighted by atomic mass is 35.5. The second-order valence-corrected chi connectivity index (χ2v) is 4.73. The van der Waals surface area contributed by atoms with E-state index in [1.807, 2.05) is 18.2 Å². The van der Waals surface area contributed by atoms with Crippen LogP contribution in [-0.4, -0.2) is 35.8 Å². The van der Waals surface area contributed by atoms with Gasteiger partial charge in [-0.2, -0.15) is 0 Å². The van der Waals surface area contributed by atoms with Crippen molar-refractivity contribution in [3.63, 3.8) is 0 Å². The van der Waals surface area contributed by atoms with Gasteiger partial charge < -0.3 is 10.2 Å². The second kappa shape index (κ2) is 5.40. The Bertz CT molecular complexity index is 476. The van der Waals surface area contributed by atoms with Gasteiger partial charge in [-0.1, -0.05) is 29.8 Å². The lowest BCUT2D eigenvalue weighted by Crippen LogP contribution is -2.56. The summed E-state index contributed by atoms with van der Waals surface area (Å²) in [5.74, 6) is -0.167. The molecule has 18 heavy (non-hydrogen) atoms. The molecule has 1 atom stereocenters. The van der Waals surface area contributed by atoms with Crippen LogP contribution in [0, 0.1) is 0 Å². The van der Waals surface area contributed by atoms with E-state index in [2.05, 4.69) is 5.32 Å². The number of piperazine rings is 1. The third-order valence-electron chi connectivity index (χ3n) is 3.12. The molecule has 96 valence electrons. The molecule has 0 radical (unpaired) electrons. The molecular formula is C13H15ClN2O2. The van der Waals surface area contributed by atoms with Crippen LogP contribution in [-0.2, 0) is 16.0 Å². The van der Waals surface area contributed by atoms with Crippen molar-refractivity contribution in [1.29, 1.82) is 0 Å². The Morgan fingerprint density at radius 1 is 1.50 bits per heavy atom. The van der Waals surface area contributed by atoms with Crippen LogP contribution in [0.1, 0.15) is 12.5 Å². The van der Waals surface area contributed by atoms with Gasteiger partial charge in [-0.3, -0.25) is 9.59 Å². The summed E-state index contributed by atoms with van der Waals surface area (Å²) in [6, 6.07) is 6.85. The number of carbonyl (C=O) groups is 2. The summed E-state index contributed by atoms with van der Waals surface area (Å²) in [5, 5.41) is 3.32. The van der Waals surface area contributed by atoms with Gasteiger partial charge >= 0.3 is 0 Å². The summed E-state index contributed by atoms with van der Waals surface area (Å²) in [6.07, 6.45) is 0.233. The van der Waals surface area contributed by atoms with Crippen molar-refractivity contribution in [2.75, 3.05) is 13.1 Å². The highest BCUT2D eigenvalue weighted by Crippen LogP contribution is 2.17. The average Bonchev–Trinajstić information content (AvgIpc) is 2.35. The van der Waals surface area contributed by atoms with Crippen molar-refractivity contribution in [2.45, 2.75) is 19.4 Å². The lowest BCUT2D eigenvalue weighted by molar-refractivity contribution is -0.142. The van der Waals surface area contributed by atoms with Crippen LogP contribution in [0.5, 0.6) is 0 Å². The standard InChI is InChI=1S/C13H15ClN2O2/c1-9-13(18)15-6-7-16(9)12(17)8-10-4-2-3-5-11(10)14/h2-5,9H,6-8H2,1H3,(H,15,18). The predicted octanol–water partition coefficient (Wildman–Crippen LogP) is 1.23. The number of nitrogens with one attached hydrogen (secondary N) is 1. The molecule has 1 aromatic rings. The van der Waals surface area contributed by atoms with Gasteiger partial charge in [0.2, 0.25) is 11.8 Å². The molecule has 1 saturated heterocycles. The number of hydrogen-bond donors (Lipinski definition) is 1. The number of halogens is 1. The van der Waals surface area contributed by atoms with Crippen molar-refractivity contribution in [2.24, 2.45) is 0 Å². The average molecular weight is 267 g/mol. The molecule has 4 nitrogen and oxygen atoms in total. The van der Waals surface area contributed by atoms with Gasteiger partial charge in [0, 0.05) is 18.1 Å². The van der Waals surface area contributed by atoms with E-state index in [-0.39, 0.29) is 18.2 Å². The lowest BCUT2D eigenvalue weighted by Gasteiger charge is -2.33. The minimum atomic E-state index is -0.409. The minimum absolute atomic E-state index is 0.0644. The zero-order valence-corrected chi connectivity index (χ0v) is 10.9. The molecule has 0 bridgehead atoms. The maximum atomic E-state index is 12.2. The van der Waals surface area contributed by atoms with Crippen LogP contribution in [0.4, 0.5) is 0 Å². The highest BCUT2D eigenvalue weighted by Gasteiger charge is 2.29.